The van der Waals surface area contributed by atoms with Crippen molar-refractivity contribution in [2.75, 3.05) is 7.05 Å². The lowest BCUT2D eigenvalue weighted by atomic mass is 10.1. The van der Waals surface area contributed by atoms with Gasteiger partial charge < -0.3 is 5.11 Å². The van der Waals surface area contributed by atoms with E-state index in [1.165, 1.54) is 23.5 Å². The quantitative estimate of drug-likeness (QED) is 0.911. The van der Waals surface area contributed by atoms with Crippen LogP contribution in [-0.2, 0) is 13.1 Å². The number of carbonyl (C=O) groups is 1. The maximum Gasteiger partial charge on any atom is 0.335 e. The third-order valence-electron chi connectivity index (χ3n) is 2.71. The molecule has 20 heavy (non-hydrogen) atoms. The molecule has 0 atom stereocenters. The first-order valence-electron chi connectivity index (χ1n) is 5.89. The van der Waals surface area contributed by atoms with Gasteiger partial charge in [0.15, 0.2) is 0 Å². The largest absolute Gasteiger partial charge is 0.478 e. The monoisotopic (exact) mass is 313 g/mol. The van der Waals surface area contributed by atoms with E-state index in [4.69, 9.17) is 16.7 Å². The molecule has 1 aromatic heterocycles. The van der Waals surface area contributed by atoms with Gasteiger partial charge in [-0.3, -0.25) is 4.90 Å². The summed E-state index contributed by atoms with van der Waals surface area (Å²) in [6.07, 6.45) is 0. The van der Waals surface area contributed by atoms with Crippen molar-refractivity contribution in [1.82, 2.24) is 4.90 Å². The van der Waals surface area contributed by atoms with Gasteiger partial charge >= 0.3 is 5.97 Å². The van der Waals surface area contributed by atoms with E-state index in [0.717, 1.165) is 15.3 Å². The highest BCUT2D eigenvalue weighted by Gasteiger charge is 2.09. The Hall–Kier alpha value is -1.43. The van der Waals surface area contributed by atoms with E-state index >= 15 is 0 Å². The van der Waals surface area contributed by atoms with Crippen molar-refractivity contribution in [3.05, 3.63) is 56.5 Å². The van der Waals surface area contributed by atoms with Crippen LogP contribution in [0.25, 0.3) is 0 Å². The van der Waals surface area contributed by atoms with Gasteiger partial charge in [-0.25, -0.2) is 9.18 Å². The number of aromatic carboxylic acids is 1. The number of carboxylic acid groups (broad SMARTS) is 1. The molecule has 0 aliphatic carbocycles. The average molecular weight is 314 g/mol. The lowest BCUT2D eigenvalue weighted by Gasteiger charge is -2.16. The van der Waals surface area contributed by atoms with Crippen LogP contribution in [0.1, 0.15) is 20.8 Å². The molecule has 0 bridgehead atoms. The van der Waals surface area contributed by atoms with Gasteiger partial charge in [0.05, 0.1) is 9.90 Å². The molecule has 0 radical (unpaired) electrons. The third kappa shape index (κ3) is 4.03. The Kier molecular flexibility index (Phi) is 4.75. The van der Waals surface area contributed by atoms with E-state index in [1.807, 2.05) is 24.1 Å². The summed E-state index contributed by atoms with van der Waals surface area (Å²) in [5.41, 5.74) is 0.597. The molecule has 1 heterocycles. The summed E-state index contributed by atoms with van der Waals surface area (Å²) in [5, 5.41) is 8.91. The molecule has 2 rings (SSSR count). The Morgan fingerprint density at radius 3 is 2.70 bits per heavy atom. The lowest BCUT2D eigenvalue weighted by molar-refractivity contribution is 0.0696. The second-order valence-electron chi connectivity index (χ2n) is 4.53. The number of hydrogen-bond donors (Lipinski definition) is 1. The van der Waals surface area contributed by atoms with Crippen LogP contribution in [-0.4, -0.2) is 23.0 Å². The summed E-state index contributed by atoms with van der Waals surface area (Å²) >= 11 is 7.36. The average Bonchev–Trinajstić information content (AvgIpc) is 2.73. The van der Waals surface area contributed by atoms with Gasteiger partial charge in [-0.2, -0.15) is 0 Å². The Morgan fingerprint density at radius 2 is 2.10 bits per heavy atom. The summed E-state index contributed by atoms with van der Waals surface area (Å²) < 4.78 is 14.1. The van der Waals surface area contributed by atoms with Crippen LogP contribution >= 0.6 is 22.9 Å². The molecular formula is C14H13ClFNO2S. The number of rotatable bonds is 5. The molecule has 0 aliphatic heterocycles. The summed E-state index contributed by atoms with van der Waals surface area (Å²) in [4.78, 5) is 14.0. The van der Waals surface area contributed by atoms with Gasteiger partial charge in [0.25, 0.3) is 0 Å². The number of nitrogens with zero attached hydrogens (tertiary/aromatic N) is 1. The summed E-state index contributed by atoms with van der Waals surface area (Å²) in [7, 11) is 1.89. The van der Waals surface area contributed by atoms with Crippen molar-refractivity contribution >= 4 is 28.9 Å². The van der Waals surface area contributed by atoms with E-state index in [1.54, 1.807) is 0 Å². The van der Waals surface area contributed by atoms with Crippen LogP contribution in [0.15, 0.2) is 30.3 Å². The van der Waals surface area contributed by atoms with Crippen molar-refractivity contribution in [3.8, 4) is 0 Å². The van der Waals surface area contributed by atoms with Crippen molar-refractivity contribution in [2.24, 2.45) is 0 Å². The zero-order chi connectivity index (χ0) is 14.7. The van der Waals surface area contributed by atoms with E-state index < -0.39 is 11.8 Å². The molecule has 0 amide bonds. The van der Waals surface area contributed by atoms with Gasteiger partial charge in [-0.15, -0.1) is 11.3 Å². The SMILES string of the molecule is CN(Cc1cc(F)cc(C(=O)O)c1)Cc1ccc(Cl)s1. The first kappa shape index (κ1) is 15.0. The first-order valence-corrected chi connectivity index (χ1v) is 7.09. The molecule has 0 fully saturated rings. The molecule has 2 aromatic rings. The minimum Gasteiger partial charge on any atom is -0.478 e. The molecule has 1 N–H and O–H groups in total. The Bertz CT molecular complexity index is 629. The Balaban J connectivity index is 2.07. The number of thiophene rings is 1. The van der Waals surface area contributed by atoms with E-state index in [9.17, 15) is 9.18 Å². The van der Waals surface area contributed by atoms with Crippen LogP contribution in [0, 0.1) is 5.82 Å². The fraction of sp³-hybridized carbons (Fsp3) is 0.214. The lowest BCUT2D eigenvalue weighted by Crippen LogP contribution is -2.17. The van der Waals surface area contributed by atoms with E-state index in [0.29, 0.717) is 18.7 Å². The van der Waals surface area contributed by atoms with Crippen LogP contribution in [0.3, 0.4) is 0 Å². The first-order chi connectivity index (χ1) is 9.44. The fourth-order valence-electron chi connectivity index (χ4n) is 1.94. The van der Waals surface area contributed by atoms with E-state index in [-0.39, 0.29) is 5.56 Å². The zero-order valence-corrected chi connectivity index (χ0v) is 12.3. The van der Waals surface area contributed by atoms with Crippen LogP contribution < -0.4 is 0 Å². The highest BCUT2D eigenvalue weighted by atomic mass is 35.5. The number of carboxylic acids is 1. The maximum atomic E-state index is 13.4. The molecule has 0 saturated heterocycles. The topological polar surface area (TPSA) is 40.5 Å². The predicted molar refractivity (Wildman–Crippen MR) is 77.9 cm³/mol. The van der Waals surface area contributed by atoms with Gasteiger partial charge in [-0.1, -0.05) is 11.6 Å². The molecule has 1 aromatic carbocycles. The van der Waals surface area contributed by atoms with Crippen LogP contribution in [0.4, 0.5) is 4.39 Å². The maximum absolute atomic E-state index is 13.4. The number of benzene rings is 1. The highest BCUT2D eigenvalue weighted by molar-refractivity contribution is 7.16. The molecule has 3 nitrogen and oxygen atoms in total. The molecule has 106 valence electrons. The minimum absolute atomic E-state index is 0.0347. The Morgan fingerprint density at radius 1 is 1.35 bits per heavy atom. The second kappa shape index (κ2) is 6.35. The Labute approximate surface area is 125 Å². The molecule has 0 aliphatic rings. The standard InChI is InChI=1S/C14H13ClFNO2S/c1-17(8-12-2-3-13(15)20-12)7-9-4-10(14(18)19)6-11(16)5-9/h2-6H,7-8H2,1H3,(H,18,19). The summed E-state index contributed by atoms with van der Waals surface area (Å²) in [5.74, 6) is -1.66. The molecule has 0 unspecified atom stereocenters. The molecule has 0 saturated carbocycles. The summed E-state index contributed by atoms with van der Waals surface area (Å²) in [6, 6.07) is 7.64. The van der Waals surface area contributed by atoms with Crippen molar-refractivity contribution in [1.29, 1.82) is 0 Å². The zero-order valence-electron chi connectivity index (χ0n) is 10.8. The number of halogens is 2. The van der Waals surface area contributed by atoms with Crippen molar-refractivity contribution in [3.63, 3.8) is 0 Å². The molecular weight excluding hydrogens is 301 g/mol. The highest BCUT2D eigenvalue weighted by Crippen LogP contribution is 2.23. The van der Waals surface area contributed by atoms with Gasteiger partial charge in [0, 0.05) is 18.0 Å². The fourth-order valence-corrected chi connectivity index (χ4v) is 3.10. The normalized spacial score (nSPS) is 11.0. The number of hydrogen-bond acceptors (Lipinski definition) is 3. The van der Waals surface area contributed by atoms with Gasteiger partial charge in [-0.05, 0) is 42.9 Å². The van der Waals surface area contributed by atoms with Gasteiger partial charge in [0.2, 0.25) is 0 Å². The third-order valence-corrected chi connectivity index (χ3v) is 3.93. The van der Waals surface area contributed by atoms with Crippen molar-refractivity contribution < 1.29 is 14.3 Å². The minimum atomic E-state index is -1.13. The molecule has 0 spiro atoms. The van der Waals surface area contributed by atoms with Crippen LogP contribution in [0.5, 0.6) is 0 Å². The predicted octanol–water partition coefficient (Wildman–Crippen LogP) is 3.87. The second-order valence-corrected chi connectivity index (χ2v) is 6.33. The smallest absolute Gasteiger partial charge is 0.335 e. The van der Waals surface area contributed by atoms with Crippen molar-refractivity contribution in [2.45, 2.75) is 13.1 Å². The van der Waals surface area contributed by atoms with Gasteiger partial charge in [0.1, 0.15) is 5.82 Å². The summed E-state index contributed by atoms with van der Waals surface area (Å²) in [6.45, 7) is 1.14. The molecule has 6 heteroatoms. The van der Waals surface area contributed by atoms with E-state index in [2.05, 4.69) is 0 Å². The van der Waals surface area contributed by atoms with Crippen LogP contribution in [0.2, 0.25) is 4.34 Å².